The molecule has 1 amide bonds. The number of rotatable bonds is 5. The molecule has 134 valence electrons. The highest BCUT2D eigenvalue weighted by Gasteiger charge is 2.20. The van der Waals surface area contributed by atoms with Crippen molar-refractivity contribution in [3.05, 3.63) is 101 Å². The molecule has 4 nitrogen and oxygen atoms in total. The minimum Gasteiger partial charge on any atom is -0.342 e. The fourth-order valence-electron chi connectivity index (χ4n) is 3.27. The Labute approximate surface area is 158 Å². The normalized spacial score (nSPS) is 12.0. The molecule has 0 aliphatic rings. The molecule has 4 heteroatoms. The van der Waals surface area contributed by atoms with Crippen molar-refractivity contribution < 1.29 is 4.79 Å². The molecule has 0 radical (unpaired) electrons. The number of hydrogen-bond acceptors (Lipinski definition) is 2. The van der Waals surface area contributed by atoms with Crippen LogP contribution in [0.15, 0.2) is 78.9 Å². The molecule has 1 heterocycles. The highest BCUT2D eigenvalue weighted by molar-refractivity contribution is 5.95. The molecule has 0 saturated heterocycles. The van der Waals surface area contributed by atoms with Crippen molar-refractivity contribution in [2.45, 2.75) is 19.4 Å². The molecule has 0 bridgehead atoms. The van der Waals surface area contributed by atoms with Gasteiger partial charge >= 0.3 is 0 Å². The molecule has 0 saturated carbocycles. The lowest BCUT2D eigenvalue weighted by molar-refractivity contribution is 0.0934. The predicted molar refractivity (Wildman–Crippen MR) is 108 cm³/mol. The second kappa shape index (κ2) is 7.46. The quantitative estimate of drug-likeness (QED) is 0.550. The number of nitrogens with one attached hydrogen (secondary N) is 2. The van der Waals surface area contributed by atoms with Crippen molar-refractivity contribution in [1.29, 1.82) is 0 Å². The summed E-state index contributed by atoms with van der Waals surface area (Å²) in [7, 11) is 0. The van der Waals surface area contributed by atoms with Gasteiger partial charge in [0.2, 0.25) is 0 Å². The lowest BCUT2D eigenvalue weighted by Gasteiger charge is -2.18. The largest absolute Gasteiger partial charge is 0.342 e. The molecule has 27 heavy (non-hydrogen) atoms. The van der Waals surface area contributed by atoms with Gasteiger partial charge in [-0.3, -0.25) is 4.79 Å². The Morgan fingerprint density at radius 1 is 0.963 bits per heavy atom. The fraction of sp³-hybridized carbons (Fsp3) is 0.130. The van der Waals surface area contributed by atoms with Gasteiger partial charge in [-0.05, 0) is 42.7 Å². The zero-order valence-electron chi connectivity index (χ0n) is 15.1. The van der Waals surface area contributed by atoms with Gasteiger partial charge in [-0.2, -0.15) is 0 Å². The lowest BCUT2D eigenvalue weighted by atomic mass is 10.0. The van der Waals surface area contributed by atoms with Gasteiger partial charge in [-0.15, -0.1) is 0 Å². The first kappa shape index (κ1) is 17.0. The smallest absolute Gasteiger partial charge is 0.252 e. The van der Waals surface area contributed by atoms with Crippen molar-refractivity contribution in [3.63, 3.8) is 0 Å². The van der Waals surface area contributed by atoms with Crippen molar-refractivity contribution in [3.8, 4) is 0 Å². The third kappa shape index (κ3) is 3.75. The molecule has 0 aliphatic carbocycles. The molecule has 0 spiro atoms. The number of carbonyl (C=O) groups is 1. The van der Waals surface area contributed by atoms with E-state index in [2.05, 4.69) is 22.4 Å². The van der Waals surface area contributed by atoms with E-state index in [9.17, 15) is 4.79 Å². The molecular weight excluding hydrogens is 334 g/mol. The minimum absolute atomic E-state index is 0.0884. The maximum Gasteiger partial charge on any atom is 0.252 e. The second-order valence-corrected chi connectivity index (χ2v) is 6.67. The van der Waals surface area contributed by atoms with Crippen LogP contribution in [-0.2, 0) is 6.42 Å². The number of carbonyl (C=O) groups excluding carboxylic acids is 1. The zero-order valence-corrected chi connectivity index (χ0v) is 15.1. The van der Waals surface area contributed by atoms with Gasteiger partial charge < -0.3 is 10.3 Å². The molecule has 1 aromatic heterocycles. The number of benzene rings is 3. The van der Waals surface area contributed by atoms with Gasteiger partial charge in [0.25, 0.3) is 5.91 Å². The van der Waals surface area contributed by atoms with Crippen LogP contribution in [0.5, 0.6) is 0 Å². The summed E-state index contributed by atoms with van der Waals surface area (Å²) < 4.78 is 0. The van der Waals surface area contributed by atoms with Crippen LogP contribution in [0.25, 0.3) is 11.0 Å². The van der Waals surface area contributed by atoms with E-state index >= 15 is 0 Å². The van der Waals surface area contributed by atoms with Crippen LogP contribution in [-0.4, -0.2) is 15.9 Å². The Balaban J connectivity index is 1.67. The van der Waals surface area contributed by atoms with Crippen LogP contribution in [0.3, 0.4) is 0 Å². The first-order valence-corrected chi connectivity index (χ1v) is 9.06. The van der Waals surface area contributed by atoms with Gasteiger partial charge in [-0.25, -0.2) is 4.98 Å². The highest BCUT2D eigenvalue weighted by Crippen LogP contribution is 2.21. The van der Waals surface area contributed by atoms with Crippen LogP contribution in [0.2, 0.25) is 0 Å². The monoisotopic (exact) mass is 355 g/mol. The summed E-state index contributed by atoms with van der Waals surface area (Å²) in [6.45, 7) is 1.95. The number of para-hydroxylation sites is 2. The Hall–Kier alpha value is -3.40. The number of H-pyrrole nitrogens is 1. The SMILES string of the molecule is Cc1ccccc1C(=O)N[C@H](Cc1ccccc1)c1nc2ccccc2[nH]1. The lowest BCUT2D eigenvalue weighted by Crippen LogP contribution is -2.31. The molecule has 0 unspecified atom stereocenters. The Morgan fingerprint density at radius 3 is 2.44 bits per heavy atom. The minimum atomic E-state index is -0.244. The van der Waals surface area contributed by atoms with Crippen molar-refractivity contribution in [2.24, 2.45) is 0 Å². The van der Waals surface area contributed by atoms with Crippen molar-refractivity contribution in [1.82, 2.24) is 15.3 Å². The summed E-state index contributed by atoms with van der Waals surface area (Å²) in [5.74, 6) is 0.677. The summed E-state index contributed by atoms with van der Waals surface area (Å²) in [6.07, 6.45) is 0.665. The Bertz CT molecular complexity index is 1040. The summed E-state index contributed by atoms with van der Waals surface area (Å²) in [4.78, 5) is 21.0. The second-order valence-electron chi connectivity index (χ2n) is 6.67. The maximum absolute atomic E-state index is 12.9. The van der Waals surface area contributed by atoms with E-state index in [0.717, 1.165) is 28.0 Å². The molecular formula is C23H21N3O. The van der Waals surface area contributed by atoms with E-state index in [1.165, 1.54) is 0 Å². The number of aryl methyl sites for hydroxylation is 1. The summed E-state index contributed by atoms with van der Waals surface area (Å²) >= 11 is 0. The number of hydrogen-bond donors (Lipinski definition) is 2. The number of imidazole rings is 1. The molecule has 1 atom stereocenters. The van der Waals surface area contributed by atoms with Gasteiger partial charge in [0, 0.05) is 5.56 Å². The van der Waals surface area contributed by atoms with E-state index in [-0.39, 0.29) is 11.9 Å². The van der Waals surface area contributed by atoms with Gasteiger partial charge in [-0.1, -0.05) is 60.7 Å². The van der Waals surface area contributed by atoms with E-state index < -0.39 is 0 Å². The summed E-state index contributed by atoms with van der Waals surface area (Å²) in [5.41, 5.74) is 4.66. The molecule has 0 fully saturated rings. The van der Waals surface area contributed by atoms with Crippen LogP contribution in [0.4, 0.5) is 0 Å². The number of aromatic nitrogens is 2. The topological polar surface area (TPSA) is 57.8 Å². The standard InChI is InChI=1S/C23H21N3O/c1-16-9-5-6-12-18(16)23(27)26-21(15-17-10-3-2-4-11-17)22-24-19-13-7-8-14-20(19)25-22/h2-14,21H,15H2,1H3,(H,24,25)(H,26,27)/t21-/m1/s1. The van der Waals surface area contributed by atoms with E-state index in [4.69, 9.17) is 4.98 Å². The Morgan fingerprint density at radius 2 is 1.67 bits per heavy atom. The van der Waals surface area contributed by atoms with Crippen LogP contribution >= 0.6 is 0 Å². The predicted octanol–water partition coefficient (Wildman–Crippen LogP) is 4.59. The van der Waals surface area contributed by atoms with Crippen LogP contribution < -0.4 is 5.32 Å². The van der Waals surface area contributed by atoms with Gasteiger partial charge in [0.05, 0.1) is 17.1 Å². The summed E-state index contributed by atoms with van der Waals surface area (Å²) in [5, 5.41) is 3.17. The molecule has 2 N–H and O–H groups in total. The fourth-order valence-corrected chi connectivity index (χ4v) is 3.27. The van der Waals surface area contributed by atoms with E-state index in [1.54, 1.807) is 0 Å². The highest BCUT2D eigenvalue weighted by atomic mass is 16.1. The zero-order chi connectivity index (χ0) is 18.6. The van der Waals surface area contributed by atoms with E-state index in [0.29, 0.717) is 12.0 Å². The molecule has 3 aromatic carbocycles. The first-order valence-electron chi connectivity index (χ1n) is 9.06. The molecule has 4 rings (SSSR count). The molecule has 0 aliphatic heterocycles. The van der Waals surface area contributed by atoms with Gasteiger partial charge in [0.1, 0.15) is 5.82 Å². The van der Waals surface area contributed by atoms with Gasteiger partial charge in [0.15, 0.2) is 0 Å². The number of amides is 1. The first-order chi connectivity index (χ1) is 13.2. The average molecular weight is 355 g/mol. The average Bonchev–Trinajstić information content (AvgIpc) is 3.13. The van der Waals surface area contributed by atoms with Crippen molar-refractivity contribution in [2.75, 3.05) is 0 Å². The van der Waals surface area contributed by atoms with E-state index in [1.807, 2.05) is 73.7 Å². The maximum atomic E-state index is 12.9. The number of aromatic amines is 1. The third-order valence-electron chi connectivity index (χ3n) is 4.72. The summed E-state index contributed by atoms with van der Waals surface area (Å²) in [6, 6.07) is 25.4. The van der Waals surface area contributed by atoms with Crippen LogP contribution in [0, 0.1) is 6.92 Å². The Kier molecular flexibility index (Phi) is 4.71. The van der Waals surface area contributed by atoms with Crippen LogP contribution in [0.1, 0.15) is 33.4 Å². The molecule has 4 aromatic rings. The third-order valence-corrected chi connectivity index (χ3v) is 4.72. The number of fused-ring (bicyclic) bond motifs is 1. The van der Waals surface area contributed by atoms with Crippen molar-refractivity contribution >= 4 is 16.9 Å². The number of nitrogens with zero attached hydrogens (tertiary/aromatic N) is 1.